The van der Waals surface area contributed by atoms with Crippen molar-refractivity contribution in [2.75, 3.05) is 14.1 Å². The molecule has 1 unspecified atom stereocenters. The van der Waals surface area contributed by atoms with Gasteiger partial charge in [-0.2, -0.15) is 0 Å². The van der Waals surface area contributed by atoms with Crippen LogP contribution >= 0.6 is 0 Å². The molecule has 3 amide bonds. The Kier molecular flexibility index (Phi) is 7.50. The molecule has 2 aromatic carbocycles. The van der Waals surface area contributed by atoms with Crippen LogP contribution in [0.1, 0.15) is 11.1 Å². The summed E-state index contributed by atoms with van der Waals surface area (Å²) < 4.78 is 10.2. The number of cyclic esters (lactones) is 1. The average molecular weight is 455 g/mol. The van der Waals surface area contributed by atoms with Gasteiger partial charge in [0.05, 0.1) is 6.04 Å². The number of hydrogen-bond donors (Lipinski definition) is 3. The first-order valence-electron chi connectivity index (χ1n) is 10.2. The summed E-state index contributed by atoms with van der Waals surface area (Å²) in [5, 5.41) is 14.7. The highest BCUT2D eigenvalue weighted by atomic mass is 16.6. The standard InChI is InChI=1S/C23H25N3O7/c1-26(2)23(31)32-16-10-8-15(9-11-16)13-18(21(28)29)24-20(27)19-17(25-22(30)33-19)12-14-6-4-3-5-7-14/h3-11,17-19H,12-13H2,1-2H3,(H,24,27)(H,25,30)(H,28,29)/t17-,18-,19?/m0/s1. The maximum atomic E-state index is 12.8. The number of hydrogen-bond acceptors (Lipinski definition) is 6. The fourth-order valence-electron chi connectivity index (χ4n) is 3.30. The predicted octanol–water partition coefficient (Wildman–Crippen LogP) is 1.58. The maximum absolute atomic E-state index is 12.8. The molecule has 0 radical (unpaired) electrons. The van der Waals surface area contributed by atoms with Gasteiger partial charge in [-0.1, -0.05) is 42.5 Å². The SMILES string of the molecule is CN(C)C(=O)Oc1ccc(C[C@H](NC(=O)C2OC(=O)N[C@H]2Cc2ccccc2)C(=O)O)cc1. The van der Waals surface area contributed by atoms with Gasteiger partial charge in [0.1, 0.15) is 11.8 Å². The number of alkyl carbamates (subject to hydrolysis) is 1. The minimum absolute atomic E-state index is 0.0135. The van der Waals surface area contributed by atoms with E-state index in [-0.39, 0.29) is 6.42 Å². The van der Waals surface area contributed by atoms with E-state index in [0.29, 0.717) is 17.7 Å². The van der Waals surface area contributed by atoms with E-state index in [4.69, 9.17) is 9.47 Å². The summed E-state index contributed by atoms with van der Waals surface area (Å²) in [7, 11) is 3.11. The largest absolute Gasteiger partial charge is 0.480 e. The molecule has 10 nitrogen and oxygen atoms in total. The molecular formula is C23H25N3O7. The van der Waals surface area contributed by atoms with Crippen LogP contribution in [0, 0.1) is 0 Å². The van der Waals surface area contributed by atoms with Gasteiger partial charge in [0.15, 0.2) is 0 Å². The zero-order chi connectivity index (χ0) is 24.0. The lowest BCUT2D eigenvalue weighted by Gasteiger charge is -2.20. The Bertz CT molecular complexity index is 1010. The molecule has 3 atom stereocenters. The quantitative estimate of drug-likeness (QED) is 0.550. The summed E-state index contributed by atoms with van der Waals surface area (Å²) in [4.78, 5) is 49.2. The van der Waals surface area contributed by atoms with Crippen molar-refractivity contribution < 1.29 is 33.8 Å². The van der Waals surface area contributed by atoms with E-state index in [1.165, 1.54) is 17.0 Å². The lowest BCUT2D eigenvalue weighted by Crippen LogP contribution is -2.50. The van der Waals surface area contributed by atoms with Crippen LogP contribution in [-0.2, 0) is 27.2 Å². The minimum atomic E-state index is -1.25. The molecule has 1 heterocycles. The van der Waals surface area contributed by atoms with E-state index in [0.717, 1.165) is 5.56 Å². The van der Waals surface area contributed by atoms with Gasteiger partial charge in [-0.15, -0.1) is 0 Å². The predicted molar refractivity (Wildman–Crippen MR) is 117 cm³/mol. The van der Waals surface area contributed by atoms with Crippen LogP contribution in [0.15, 0.2) is 54.6 Å². The zero-order valence-electron chi connectivity index (χ0n) is 18.2. The third-order valence-electron chi connectivity index (χ3n) is 5.01. The Balaban J connectivity index is 1.64. The summed E-state index contributed by atoms with van der Waals surface area (Å²) in [6.45, 7) is 0. The second-order valence-corrected chi connectivity index (χ2v) is 7.78. The number of rotatable bonds is 8. The smallest absolute Gasteiger partial charge is 0.414 e. The van der Waals surface area contributed by atoms with Crippen molar-refractivity contribution in [3.8, 4) is 5.75 Å². The molecule has 0 spiro atoms. The molecule has 1 saturated heterocycles. The molecule has 0 aromatic heterocycles. The maximum Gasteiger partial charge on any atom is 0.414 e. The zero-order valence-corrected chi connectivity index (χ0v) is 18.2. The Morgan fingerprint density at radius 1 is 1.09 bits per heavy atom. The second kappa shape index (κ2) is 10.5. The van der Waals surface area contributed by atoms with Crippen molar-refractivity contribution in [1.29, 1.82) is 0 Å². The van der Waals surface area contributed by atoms with E-state index in [2.05, 4.69) is 10.6 Å². The summed E-state index contributed by atoms with van der Waals surface area (Å²) in [5.74, 6) is -1.62. The summed E-state index contributed by atoms with van der Waals surface area (Å²) >= 11 is 0. The first-order chi connectivity index (χ1) is 15.7. The number of ether oxygens (including phenoxy) is 2. The molecule has 1 aliphatic rings. The molecule has 0 bridgehead atoms. The van der Waals surface area contributed by atoms with Gasteiger partial charge in [-0.25, -0.2) is 14.4 Å². The molecule has 3 N–H and O–H groups in total. The van der Waals surface area contributed by atoms with Crippen molar-refractivity contribution in [2.45, 2.75) is 31.0 Å². The van der Waals surface area contributed by atoms with Crippen molar-refractivity contribution >= 4 is 24.1 Å². The van der Waals surface area contributed by atoms with Crippen molar-refractivity contribution in [3.63, 3.8) is 0 Å². The van der Waals surface area contributed by atoms with Crippen molar-refractivity contribution in [3.05, 3.63) is 65.7 Å². The number of carbonyl (C=O) groups excluding carboxylic acids is 3. The number of carbonyl (C=O) groups is 4. The Hall–Kier alpha value is -4.08. The third kappa shape index (κ3) is 6.45. The Labute approximate surface area is 190 Å². The number of carboxylic acid groups (broad SMARTS) is 1. The minimum Gasteiger partial charge on any atom is -0.480 e. The lowest BCUT2D eigenvalue weighted by atomic mass is 10.0. The van der Waals surface area contributed by atoms with Crippen LogP contribution in [0.5, 0.6) is 5.75 Å². The molecule has 0 saturated carbocycles. The fraction of sp³-hybridized carbons (Fsp3) is 0.304. The van der Waals surface area contributed by atoms with E-state index in [1.54, 1.807) is 26.2 Å². The van der Waals surface area contributed by atoms with Crippen LogP contribution in [0.4, 0.5) is 9.59 Å². The van der Waals surface area contributed by atoms with Gasteiger partial charge < -0.3 is 30.1 Å². The molecule has 2 aromatic rings. The number of benzene rings is 2. The molecule has 33 heavy (non-hydrogen) atoms. The van der Waals surface area contributed by atoms with Crippen molar-refractivity contribution in [2.24, 2.45) is 0 Å². The third-order valence-corrected chi connectivity index (χ3v) is 5.01. The number of aliphatic carboxylic acids is 1. The summed E-state index contributed by atoms with van der Waals surface area (Å²) in [6, 6.07) is 13.7. The highest BCUT2D eigenvalue weighted by Gasteiger charge is 2.40. The lowest BCUT2D eigenvalue weighted by molar-refractivity contribution is -0.143. The van der Waals surface area contributed by atoms with Crippen LogP contribution < -0.4 is 15.4 Å². The van der Waals surface area contributed by atoms with E-state index in [9.17, 15) is 24.3 Å². The van der Waals surface area contributed by atoms with Crippen LogP contribution in [-0.4, -0.2) is 66.4 Å². The molecule has 1 fully saturated rings. The van der Waals surface area contributed by atoms with Crippen molar-refractivity contribution in [1.82, 2.24) is 15.5 Å². The Morgan fingerprint density at radius 2 is 1.76 bits per heavy atom. The van der Waals surface area contributed by atoms with Gasteiger partial charge in [0, 0.05) is 20.5 Å². The van der Waals surface area contributed by atoms with Gasteiger partial charge in [-0.3, -0.25) is 4.79 Å². The van der Waals surface area contributed by atoms with Crippen LogP contribution in [0.2, 0.25) is 0 Å². The van der Waals surface area contributed by atoms with Gasteiger partial charge in [-0.05, 0) is 29.7 Å². The fourth-order valence-corrected chi connectivity index (χ4v) is 3.30. The first kappa shape index (κ1) is 23.6. The van der Waals surface area contributed by atoms with Crippen LogP contribution in [0.25, 0.3) is 0 Å². The normalized spacial score (nSPS) is 17.9. The van der Waals surface area contributed by atoms with Gasteiger partial charge in [0.2, 0.25) is 6.10 Å². The van der Waals surface area contributed by atoms with E-state index in [1.807, 2.05) is 30.3 Å². The number of amides is 3. The average Bonchev–Trinajstić information content (AvgIpc) is 3.15. The topological polar surface area (TPSA) is 134 Å². The molecule has 174 valence electrons. The highest BCUT2D eigenvalue weighted by molar-refractivity contribution is 5.90. The number of nitrogens with one attached hydrogen (secondary N) is 2. The molecule has 0 aliphatic carbocycles. The molecule has 10 heteroatoms. The molecule has 3 rings (SSSR count). The molecule has 1 aliphatic heterocycles. The summed E-state index contributed by atoms with van der Waals surface area (Å²) in [6.07, 6.45) is -2.09. The highest BCUT2D eigenvalue weighted by Crippen LogP contribution is 2.17. The van der Waals surface area contributed by atoms with Gasteiger partial charge >= 0.3 is 18.2 Å². The van der Waals surface area contributed by atoms with Gasteiger partial charge in [0.25, 0.3) is 5.91 Å². The second-order valence-electron chi connectivity index (χ2n) is 7.78. The molecular weight excluding hydrogens is 430 g/mol. The van der Waals surface area contributed by atoms with E-state index < -0.39 is 42.3 Å². The summed E-state index contributed by atoms with van der Waals surface area (Å²) in [5.41, 5.74) is 1.51. The Morgan fingerprint density at radius 3 is 2.36 bits per heavy atom. The van der Waals surface area contributed by atoms with Crippen LogP contribution in [0.3, 0.4) is 0 Å². The number of carboxylic acids is 1. The number of nitrogens with zero attached hydrogens (tertiary/aromatic N) is 1. The van der Waals surface area contributed by atoms with E-state index >= 15 is 0 Å². The monoisotopic (exact) mass is 455 g/mol. The first-order valence-corrected chi connectivity index (χ1v) is 10.2.